The SMILES string of the molecule is O=C(Nc1ccc(Br)cc1)c1c(Cl)ccc(Cl)c1Cl. The Hall–Kier alpha value is -0.740. The zero-order valence-corrected chi connectivity index (χ0v) is 13.2. The standard InChI is InChI=1S/C13H7BrCl3NO/c14-7-1-3-8(4-2-7)18-13(19)11-9(15)5-6-10(16)12(11)17/h1-6H,(H,18,19). The predicted octanol–water partition coefficient (Wildman–Crippen LogP) is 5.66. The average Bonchev–Trinajstić information content (AvgIpc) is 2.37. The van der Waals surface area contributed by atoms with Crippen LogP contribution >= 0.6 is 50.7 Å². The molecule has 6 heteroatoms. The molecule has 0 radical (unpaired) electrons. The van der Waals surface area contributed by atoms with Gasteiger partial charge < -0.3 is 5.32 Å². The molecule has 0 aliphatic carbocycles. The first-order valence-electron chi connectivity index (χ1n) is 5.19. The van der Waals surface area contributed by atoms with E-state index in [2.05, 4.69) is 21.2 Å². The van der Waals surface area contributed by atoms with Gasteiger partial charge in [-0.3, -0.25) is 4.79 Å². The summed E-state index contributed by atoms with van der Waals surface area (Å²) in [6, 6.07) is 10.2. The van der Waals surface area contributed by atoms with Crippen LogP contribution in [0.5, 0.6) is 0 Å². The first-order chi connectivity index (χ1) is 8.99. The molecule has 0 fully saturated rings. The van der Waals surface area contributed by atoms with E-state index in [0.717, 1.165) is 4.47 Å². The number of benzene rings is 2. The minimum Gasteiger partial charge on any atom is -0.322 e. The summed E-state index contributed by atoms with van der Waals surface area (Å²) in [5.74, 6) is -0.403. The van der Waals surface area contributed by atoms with Gasteiger partial charge in [-0.2, -0.15) is 0 Å². The van der Waals surface area contributed by atoms with Gasteiger partial charge in [-0.15, -0.1) is 0 Å². The van der Waals surface area contributed by atoms with Crippen LogP contribution in [0.15, 0.2) is 40.9 Å². The lowest BCUT2D eigenvalue weighted by molar-refractivity contribution is 0.102. The predicted molar refractivity (Wildman–Crippen MR) is 83.6 cm³/mol. The number of anilines is 1. The van der Waals surface area contributed by atoms with E-state index in [0.29, 0.717) is 5.69 Å². The van der Waals surface area contributed by atoms with Gasteiger partial charge in [0.2, 0.25) is 0 Å². The third-order valence-corrected chi connectivity index (χ3v) is 4.02. The highest BCUT2D eigenvalue weighted by atomic mass is 79.9. The Bertz CT molecular complexity index is 629. The molecule has 1 amide bonds. The Labute approximate surface area is 133 Å². The number of nitrogens with one attached hydrogen (secondary N) is 1. The molecule has 2 rings (SSSR count). The highest BCUT2D eigenvalue weighted by Gasteiger charge is 2.17. The Kier molecular flexibility index (Phi) is 4.74. The lowest BCUT2D eigenvalue weighted by Crippen LogP contribution is -2.13. The molecule has 98 valence electrons. The molecule has 0 unspecified atom stereocenters. The second-order valence-electron chi connectivity index (χ2n) is 3.68. The number of hydrogen-bond acceptors (Lipinski definition) is 1. The summed E-state index contributed by atoms with van der Waals surface area (Å²) in [6.07, 6.45) is 0. The number of carbonyl (C=O) groups excluding carboxylic acids is 1. The van der Waals surface area contributed by atoms with Crippen molar-refractivity contribution in [2.45, 2.75) is 0 Å². The van der Waals surface area contributed by atoms with Crippen LogP contribution in [0.2, 0.25) is 15.1 Å². The molecule has 2 aromatic rings. The van der Waals surface area contributed by atoms with Gasteiger partial charge in [0.15, 0.2) is 0 Å². The highest BCUT2D eigenvalue weighted by Crippen LogP contribution is 2.32. The van der Waals surface area contributed by atoms with E-state index in [-0.39, 0.29) is 20.6 Å². The number of rotatable bonds is 2. The Morgan fingerprint density at radius 2 is 1.53 bits per heavy atom. The van der Waals surface area contributed by atoms with E-state index in [1.807, 2.05) is 12.1 Å². The summed E-state index contributed by atoms with van der Waals surface area (Å²) in [7, 11) is 0. The molecule has 0 saturated carbocycles. The summed E-state index contributed by atoms with van der Waals surface area (Å²) in [4.78, 5) is 12.1. The molecule has 0 atom stereocenters. The molecule has 19 heavy (non-hydrogen) atoms. The Balaban J connectivity index is 2.30. The largest absolute Gasteiger partial charge is 0.322 e. The number of carbonyl (C=O) groups is 1. The fourth-order valence-corrected chi connectivity index (χ4v) is 2.43. The summed E-state index contributed by atoms with van der Waals surface area (Å²) in [5.41, 5.74) is 0.805. The second-order valence-corrected chi connectivity index (χ2v) is 5.79. The highest BCUT2D eigenvalue weighted by molar-refractivity contribution is 9.10. The molecular weight excluding hydrogens is 372 g/mol. The maximum absolute atomic E-state index is 12.1. The van der Waals surface area contributed by atoms with Gasteiger partial charge in [0, 0.05) is 10.2 Å². The first-order valence-corrected chi connectivity index (χ1v) is 7.12. The summed E-state index contributed by atoms with van der Waals surface area (Å²) < 4.78 is 0.921. The number of hydrogen-bond donors (Lipinski definition) is 1. The van der Waals surface area contributed by atoms with Crippen molar-refractivity contribution >= 4 is 62.3 Å². The molecule has 2 nitrogen and oxygen atoms in total. The van der Waals surface area contributed by atoms with E-state index in [1.165, 1.54) is 6.07 Å². The maximum Gasteiger partial charge on any atom is 0.258 e. The molecule has 2 aromatic carbocycles. The minimum atomic E-state index is -0.403. The summed E-state index contributed by atoms with van der Waals surface area (Å²) >= 11 is 21.2. The minimum absolute atomic E-state index is 0.142. The molecule has 0 heterocycles. The fraction of sp³-hybridized carbons (Fsp3) is 0. The third-order valence-electron chi connectivity index (χ3n) is 2.37. The van der Waals surface area contributed by atoms with Gasteiger partial charge in [-0.25, -0.2) is 0 Å². The lowest BCUT2D eigenvalue weighted by atomic mass is 10.2. The molecule has 0 bridgehead atoms. The lowest BCUT2D eigenvalue weighted by Gasteiger charge is -2.09. The Morgan fingerprint density at radius 1 is 0.947 bits per heavy atom. The van der Waals surface area contributed by atoms with Crippen LogP contribution in [0, 0.1) is 0 Å². The molecule has 0 aliphatic rings. The van der Waals surface area contributed by atoms with Crippen LogP contribution in [0.4, 0.5) is 5.69 Å². The van der Waals surface area contributed by atoms with Crippen molar-refractivity contribution < 1.29 is 4.79 Å². The summed E-state index contributed by atoms with van der Waals surface area (Å²) in [5, 5.41) is 3.39. The van der Waals surface area contributed by atoms with Crippen molar-refractivity contribution in [1.82, 2.24) is 0 Å². The summed E-state index contributed by atoms with van der Waals surface area (Å²) in [6.45, 7) is 0. The van der Waals surface area contributed by atoms with Crippen LogP contribution in [-0.2, 0) is 0 Å². The molecular formula is C13H7BrCl3NO. The molecule has 0 spiro atoms. The molecule has 0 aliphatic heterocycles. The van der Waals surface area contributed by atoms with Crippen LogP contribution in [0.25, 0.3) is 0 Å². The van der Waals surface area contributed by atoms with E-state index >= 15 is 0 Å². The molecule has 0 aromatic heterocycles. The van der Waals surface area contributed by atoms with Gasteiger partial charge in [-0.05, 0) is 36.4 Å². The second kappa shape index (κ2) is 6.14. The molecule has 1 N–H and O–H groups in total. The van der Waals surface area contributed by atoms with E-state index < -0.39 is 5.91 Å². The van der Waals surface area contributed by atoms with Gasteiger partial charge in [0.1, 0.15) is 0 Å². The van der Waals surface area contributed by atoms with Crippen LogP contribution in [0.1, 0.15) is 10.4 Å². The van der Waals surface area contributed by atoms with Gasteiger partial charge in [0.25, 0.3) is 5.91 Å². The quantitative estimate of drug-likeness (QED) is 0.670. The van der Waals surface area contributed by atoms with Crippen molar-refractivity contribution in [3.05, 3.63) is 61.5 Å². The number of amides is 1. The van der Waals surface area contributed by atoms with Crippen molar-refractivity contribution in [2.75, 3.05) is 5.32 Å². The van der Waals surface area contributed by atoms with Gasteiger partial charge >= 0.3 is 0 Å². The monoisotopic (exact) mass is 377 g/mol. The zero-order chi connectivity index (χ0) is 14.0. The Morgan fingerprint density at radius 3 is 2.16 bits per heavy atom. The average molecular weight is 379 g/mol. The van der Waals surface area contributed by atoms with Crippen LogP contribution < -0.4 is 5.32 Å². The van der Waals surface area contributed by atoms with Crippen LogP contribution in [-0.4, -0.2) is 5.91 Å². The van der Waals surface area contributed by atoms with Crippen molar-refractivity contribution in [2.24, 2.45) is 0 Å². The first kappa shape index (κ1) is 14.7. The normalized spacial score (nSPS) is 10.3. The van der Waals surface area contributed by atoms with Gasteiger partial charge in [0.05, 0.1) is 20.6 Å². The smallest absolute Gasteiger partial charge is 0.258 e. The zero-order valence-electron chi connectivity index (χ0n) is 9.38. The maximum atomic E-state index is 12.1. The topological polar surface area (TPSA) is 29.1 Å². The van der Waals surface area contributed by atoms with E-state index in [4.69, 9.17) is 34.8 Å². The van der Waals surface area contributed by atoms with Crippen molar-refractivity contribution in [3.63, 3.8) is 0 Å². The number of halogens is 4. The molecule has 0 saturated heterocycles. The fourth-order valence-electron chi connectivity index (χ4n) is 1.46. The third kappa shape index (κ3) is 3.42. The van der Waals surface area contributed by atoms with Gasteiger partial charge in [-0.1, -0.05) is 50.7 Å². The van der Waals surface area contributed by atoms with Crippen LogP contribution in [0.3, 0.4) is 0 Å². The van der Waals surface area contributed by atoms with Crippen molar-refractivity contribution in [3.8, 4) is 0 Å². The van der Waals surface area contributed by atoms with E-state index in [1.54, 1.807) is 18.2 Å². The van der Waals surface area contributed by atoms with Crippen molar-refractivity contribution in [1.29, 1.82) is 0 Å². The van der Waals surface area contributed by atoms with E-state index in [9.17, 15) is 4.79 Å².